The Kier molecular flexibility index (Phi) is 9.92. The van der Waals surface area contributed by atoms with E-state index < -0.39 is 22.9 Å². The first-order chi connectivity index (χ1) is 11.5. The zero-order chi connectivity index (χ0) is 19.7. The molecule has 0 aliphatic carbocycles. The fourth-order valence-corrected chi connectivity index (χ4v) is 2.32. The molecular weight excluding hydrogens is 328 g/mol. The maximum Gasteiger partial charge on any atom is 0.311 e. The Morgan fingerprint density at radius 3 is 2.20 bits per heavy atom. The van der Waals surface area contributed by atoms with Gasteiger partial charge in [-0.2, -0.15) is 0 Å². The normalized spacial score (nSPS) is 15.2. The maximum absolute atomic E-state index is 12.3. The first-order valence-electron chi connectivity index (χ1n) is 8.31. The quantitative estimate of drug-likeness (QED) is 0.188. The van der Waals surface area contributed by atoms with Gasteiger partial charge in [-0.25, -0.2) is 9.78 Å². The summed E-state index contributed by atoms with van der Waals surface area (Å²) in [5.74, 6) is -0.864. The van der Waals surface area contributed by atoms with E-state index in [1.807, 2.05) is 6.92 Å². The van der Waals surface area contributed by atoms with Gasteiger partial charge in [-0.05, 0) is 40.5 Å². The zero-order valence-electron chi connectivity index (χ0n) is 16.2. The minimum Gasteiger partial charge on any atom is -0.469 e. The molecular formula is C18H32O7. The highest BCUT2D eigenvalue weighted by Crippen LogP contribution is 2.38. The van der Waals surface area contributed by atoms with Crippen molar-refractivity contribution in [2.75, 3.05) is 26.9 Å². The fourth-order valence-electron chi connectivity index (χ4n) is 2.32. The molecule has 0 radical (unpaired) electrons. The van der Waals surface area contributed by atoms with Crippen molar-refractivity contribution < 1.29 is 33.9 Å². The van der Waals surface area contributed by atoms with Gasteiger partial charge in [0.2, 0.25) is 0 Å². The molecule has 0 spiro atoms. The third-order valence-electron chi connectivity index (χ3n) is 3.90. The van der Waals surface area contributed by atoms with Crippen molar-refractivity contribution >= 4 is 11.9 Å². The van der Waals surface area contributed by atoms with Crippen LogP contribution in [0, 0.1) is 10.8 Å². The molecule has 0 aromatic rings. The summed E-state index contributed by atoms with van der Waals surface area (Å²) in [4.78, 5) is 33.9. The number of esters is 2. The second kappa shape index (κ2) is 10.5. The van der Waals surface area contributed by atoms with Crippen molar-refractivity contribution in [1.82, 2.24) is 0 Å². The molecule has 7 nitrogen and oxygen atoms in total. The van der Waals surface area contributed by atoms with Gasteiger partial charge in [0.25, 0.3) is 0 Å². The number of ether oxygens (including phenoxy) is 2. The topological polar surface area (TPSA) is 91.3 Å². The monoisotopic (exact) mass is 360 g/mol. The summed E-state index contributed by atoms with van der Waals surface area (Å²) in [5, 5.41) is 9.76. The van der Waals surface area contributed by atoms with Crippen LogP contribution in [0.1, 0.15) is 47.5 Å². The Morgan fingerprint density at radius 1 is 1.12 bits per heavy atom. The van der Waals surface area contributed by atoms with Crippen LogP contribution in [0.3, 0.4) is 0 Å². The second-order valence-corrected chi connectivity index (χ2v) is 7.22. The van der Waals surface area contributed by atoms with Gasteiger partial charge in [0, 0.05) is 0 Å². The third-order valence-corrected chi connectivity index (χ3v) is 3.90. The zero-order valence-corrected chi connectivity index (χ0v) is 16.2. The smallest absolute Gasteiger partial charge is 0.311 e. The predicted octanol–water partition coefficient (Wildman–Crippen LogP) is 2.42. The van der Waals surface area contributed by atoms with Crippen molar-refractivity contribution in [2.24, 2.45) is 10.8 Å². The van der Waals surface area contributed by atoms with Crippen LogP contribution >= 0.6 is 0 Å². The van der Waals surface area contributed by atoms with Crippen LogP contribution in [0.2, 0.25) is 0 Å². The van der Waals surface area contributed by atoms with Crippen LogP contribution in [0.5, 0.6) is 0 Å². The van der Waals surface area contributed by atoms with Crippen molar-refractivity contribution in [3.05, 3.63) is 12.2 Å². The van der Waals surface area contributed by atoms with Gasteiger partial charge in [0.15, 0.2) is 0 Å². The summed E-state index contributed by atoms with van der Waals surface area (Å²) < 4.78 is 9.99. The molecule has 7 heteroatoms. The number of aliphatic hydroxyl groups excluding tert-OH is 1. The summed E-state index contributed by atoms with van der Waals surface area (Å²) in [6, 6.07) is 0. The lowest BCUT2D eigenvalue weighted by Crippen LogP contribution is -2.39. The van der Waals surface area contributed by atoms with Crippen LogP contribution < -0.4 is 0 Å². The average molecular weight is 360 g/mol. The molecule has 25 heavy (non-hydrogen) atoms. The van der Waals surface area contributed by atoms with Gasteiger partial charge in [-0.3, -0.25) is 9.59 Å². The Bertz CT molecular complexity index is 458. The van der Waals surface area contributed by atoms with E-state index in [9.17, 15) is 14.7 Å². The van der Waals surface area contributed by atoms with E-state index in [2.05, 4.69) is 6.58 Å². The van der Waals surface area contributed by atoms with Crippen molar-refractivity contribution in [1.29, 1.82) is 0 Å². The molecule has 0 aliphatic heterocycles. The lowest BCUT2D eigenvalue weighted by molar-refractivity contribution is -0.300. The van der Waals surface area contributed by atoms with Crippen molar-refractivity contribution in [3.8, 4) is 0 Å². The molecule has 0 rings (SSSR count). The molecule has 0 amide bonds. The summed E-state index contributed by atoms with van der Waals surface area (Å²) in [7, 11) is 1.33. The van der Waals surface area contributed by atoms with Crippen LogP contribution in [-0.4, -0.2) is 50.1 Å². The largest absolute Gasteiger partial charge is 0.469 e. The van der Waals surface area contributed by atoms with Crippen molar-refractivity contribution in [2.45, 2.75) is 53.6 Å². The third kappa shape index (κ3) is 8.47. The molecule has 0 aromatic heterocycles. The second-order valence-electron chi connectivity index (χ2n) is 7.22. The lowest BCUT2D eigenvalue weighted by Gasteiger charge is -2.33. The van der Waals surface area contributed by atoms with E-state index in [4.69, 9.17) is 19.2 Å². The van der Waals surface area contributed by atoms with Gasteiger partial charge >= 0.3 is 11.9 Å². The Hall–Kier alpha value is -1.44. The van der Waals surface area contributed by atoms with Crippen LogP contribution in [0.15, 0.2) is 12.2 Å². The first kappa shape index (κ1) is 23.6. The minimum absolute atomic E-state index is 0.129. The molecule has 1 N–H and O–H groups in total. The summed E-state index contributed by atoms with van der Waals surface area (Å²) in [5.41, 5.74) is -0.905. The molecule has 2 unspecified atom stereocenters. The number of aliphatic hydroxyl groups is 1. The molecule has 0 bridgehead atoms. The van der Waals surface area contributed by atoms with Gasteiger partial charge in [-0.1, -0.05) is 19.1 Å². The Labute approximate surface area is 150 Å². The van der Waals surface area contributed by atoms with Crippen molar-refractivity contribution in [3.63, 3.8) is 0 Å². The molecule has 0 aromatic carbocycles. The highest BCUT2D eigenvalue weighted by atomic mass is 17.2. The summed E-state index contributed by atoms with van der Waals surface area (Å²) in [6.45, 7) is 12.3. The fraction of sp³-hybridized carbons (Fsp3) is 0.778. The van der Waals surface area contributed by atoms with Gasteiger partial charge < -0.3 is 14.6 Å². The van der Waals surface area contributed by atoms with E-state index in [0.717, 1.165) is 5.57 Å². The average Bonchev–Trinajstić information content (AvgIpc) is 2.54. The van der Waals surface area contributed by atoms with Crippen LogP contribution in [-0.2, 0) is 28.8 Å². The Morgan fingerprint density at radius 2 is 1.72 bits per heavy atom. The molecule has 146 valence electrons. The molecule has 0 saturated heterocycles. The van der Waals surface area contributed by atoms with E-state index >= 15 is 0 Å². The number of rotatable bonds is 12. The number of hydrogen-bond donors (Lipinski definition) is 1. The van der Waals surface area contributed by atoms with Gasteiger partial charge in [0.1, 0.15) is 25.9 Å². The number of hydrogen-bond acceptors (Lipinski definition) is 7. The van der Waals surface area contributed by atoms with E-state index in [1.165, 1.54) is 7.11 Å². The van der Waals surface area contributed by atoms with E-state index in [1.54, 1.807) is 27.7 Å². The first-order valence-corrected chi connectivity index (χ1v) is 8.31. The SMILES string of the molecule is C=C(C)COOCC(O)COC(=O)C(C)(C)CC(C)(CC)C(=O)OC. The number of carbonyl (C=O) groups excluding carboxylic acids is 2. The van der Waals surface area contributed by atoms with Gasteiger partial charge in [-0.15, -0.1) is 0 Å². The molecule has 2 atom stereocenters. The summed E-state index contributed by atoms with van der Waals surface area (Å²) in [6.07, 6.45) is -0.202. The molecule has 0 aliphatic rings. The summed E-state index contributed by atoms with van der Waals surface area (Å²) >= 11 is 0. The minimum atomic E-state index is -1.01. The highest BCUT2D eigenvalue weighted by Gasteiger charge is 2.42. The highest BCUT2D eigenvalue weighted by molar-refractivity contribution is 5.80. The van der Waals surface area contributed by atoms with Crippen LogP contribution in [0.25, 0.3) is 0 Å². The lowest BCUT2D eigenvalue weighted by atomic mass is 9.72. The van der Waals surface area contributed by atoms with Gasteiger partial charge in [0.05, 0.1) is 17.9 Å². The number of carbonyl (C=O) groups is 2. The molecule has 0 saturated carbocycles. The molecule has 0 fully saturated rings. The van der Waals surface area contributed by atoms with E-state index in [-0.39, 0.29) is 32.2 Å². The molecule has 0 heterocycles. The standard InChI is InChI=1S/C18H32O7/c1-8-18(6,16(21)22-7)12-17(4,5)15(20)23-10-14(19)11-25-24-9-13(2)3/h14,19H,2,8-12H2,1,3-7H3. The predicted molar refractivity (Wildman–Crippen MR) is 92.5 cm³/mol. The van der Waals surface area contributed by atoms with Crippen LogP contribution in [0.4, 0.5) is 0 Å². The van der Waals surface area contributed by atoms with E-state index in [0.29, 0.717) is 6.42 Å². The number of methoxy groups -OCH3 is 1. The Balaban J connectivity index is 4.47. The maximum atomic E-state index is 12.3.